The Morgan fingerprint density at radius 3 is 3.11 bits per heavy atom. The lowest BCUT2D eigenvalue weighted by Gasteiger charge is -2.22. The number of hydrogen-bond donors (Lipinski definition) is 1. The standard InChI is InChI=1S/C15H21N3S/c1-3-16-15-6-4-5-12-8-18(10-14(12)15)9-13-7-17-11(2)19-13/h7-8,10,15-16H,3-6,9H2,1-2H3. The van der Waals surface area contributed by atoms with Gasteiger partial charge in [0.05, 0.1) is 11.6 Å². The van der Waals surface area contributed by atoms with Crippen molar-refractivity contribution in [1.82, 2.24) is 14.9 Å². The highest BCUT2D eigenvalue weighted by Gasteiger charge is 2.21. The summed E-state index contributed by atoms with van der Waals surface area (Å²) < 4.78 is 2.33. The number of aromatic nitrogens is 2. The van der Waals surface area contributed by atoms with Crippen molar-refractivity contribution in [3.8, 4) is 0 Å². The van der Waals surface area contributed by atoms with E-state index in [0.29, 0.717) is 6.04 Å². The second-order valence-corrected chi connectivity index (χ2v) is 6.58. The van der Waals surface area contributed by atoms with E-state index in [9.17, 15) is 0 Å². The number of rotatable bonds is 4. The van der Waals surface area contributed by atoms with Gasteiger partial charge in [0.1, 0.15) is 0 Å². The Labute approximate surface area is 118 Å². The second-order valence-electron chi connectivity index (χ2n) is 5.26. The van der Waals surface area contributed by atoms with Crippen LogP contribution in [0.2, 0.25) is 0 Å². The molecule has 1 unspecified atom stereocenters. The molecule has 0 aromatic carbocycles. The molecule has 1 aliphatic rings. The maximum atomic E-state index is 4.33. The lowest BCUT2D eigenvalue weighted by Crippen LogP contribution is -2.23. The zero-order valence-corrected chi connectivity index (χ0v) is 12.5. The van der Waals surface area contributed by atoms with Crippen LogP contribution in [0.4, 0.5) is 0 Å². The van der Waals surface area contributed by atoms with Gasteiger partial charge in [-0.15, -0.1) is 11.3 Å². The summed E-state index contributed by atoms with van der Waals surface area (Å²) in [5.74, 6) is 0. The third-order valence-electron chi connectivity index (χ3n) is 3.77. The predicted molar refractivity (Wildman–Crippen MR) is 79.7 cm³/mol. The van der Waals surface area contributed by atoms with E-state index < -0.39 is 0 Å². The molecule has 2 aromatic rings. The van der Waals surface area contributed by atoms with Crippen molar-refractivity contribution in [2.45, 2.75) is 45.7 Å². The average Bonchev–Trinajstić information content (AvgIpc) is 2.97. The molecule has 0 saturated carbocycles. The summed E-state index contributed by atoms with van der Waals surface area (Å²) in [7, 11) is 0. The Balaban J connectivity index is 1.81. The van der Waals surface area contributed by atoms with E-state index in [4.69, 9.17) is 0 Å². The molecule has 0 fully saturated rings. The molecule has 19 heavy (non-hydrogen) atoms. The monoisotopic (exact) mass is 275 g/mol. The summed E-state index contributed by atoms with van der Waals surface area (Å²) in [6.45, 7) is 6.25. The van der Waals surface area contributed by atoms with Crippen LogP contribution < -0.4 is 5.32 Å². The van der Waals surface area contributed by atoms with Gasteiger partial charge in [-0.1, -0.05) is 6.92 Å². The second kappa shape index (κ2) is 5.47. The zero-order chi connectivity index (χ0) is 13.2. The number of aryl methyl sites for hydroxylation is 2. The number of nitrogens with one attached hydrogen (secondary N) is 1. The molecule has 1 N–H and O–H groups in total. The van der Waals surface area contributed by atoms with Gasteiger partial charge < -0.3 is 9.88 Å². The van der Waals surface area contributed by atoms with Crippen LogP contribution in [0, 0.1) is 6.92 Å². The molecule has 0 spiro atoms. The third kappa shape index (κ3) is 2.74. The summed E-state index contributed by atoms with van der Waals surface area (Å²) in [4.78, 5) is 5.67. The van der Waals surface area contributed by atoms with Crippen molar-refractivity contribution in [2.75, 3.05) is 6.54 Å². The van der Waals surface area contributed by atoms with Crippen LogP contribution in [0.5, 0.6) is 0 Å². The van der Waals surface area contributed by atoms with Gasteiger partial charge in [0.15, 0.2) is 0 Å². The van der Waals surface area contributed by atoms with E-state index >= 15 is 0 Å². The van der Waals surface area contributed by atoms with Crippen LogP contribution in [-0.2, 0) is 13.0 Å². The van der Waals surface area contributed by atoms with Crippen LogP contribution >= 0.6 is 11.3 Å². The Bertz CT molecular complexity index is 555. The molecule has 0 amide bonds. The van der Waals surface area contributed by atoms with Crippen molar-refractivity contribution in [2.24, 2.45) is 0 Å². The molecule has 0 saturated heterocycles. The SMILES string of the molecule is CCNC1CCCc2cn(Cc3cnc(C)s3)cc21. The fraction of sp³-hybridized carbons (Fsp3) is 0.533. The van der Waals surface area contributed by atoms with E-state index in [1.165, 1.54) is 35.3 Å². The number of fused-ring (bicyclic) bond motifs is 1. The quantitative estimate of drug-likeness (QED) is 0.928. The largest absolute Gasteiger partial charge is 0.348 e. The lowest BCUT2D eigenvalue weighted by molar-refractivity contribution is 0.473. The predicted octanol–water partition coefficient (Wildman–Crippen LogP) is 3.29. The molecular formula is C15H21N3S. The number of nitrogens with zero attached hydrogens (tertiary/aromatic N) is 2. The Kier molecular flexibility index (Phi) is 3.71. The average molecular weight is 275 g/mol. The summed E-state index contributed by atoms with van der Waals surface area (Å²) in [5, 5.41) is 4.75. The highest BCUT2D eigenvalue weighted by atomic mass is 32.1. The van der Waals surface area contributed by atoms with Gasteiger partial charge in [-0.25, -0.2) is 4.98 Å². The van der Waals surface area contributed by atoms with Crippen molar-refractivity contribution < 1.29 is 0 Å². The van der Waals surface area contributed by atoms with Crippen LogP contribution in [0.1, 0.15) is 46.8 Å². The third-order valence-corrected chi connectivity index (χ3v) is 4.67. The summed E-state index contributed by atoms with van der Waals surface area (Å²) in [6, 6.07) is 0.554. The fourth-order valence-electron chi connectivity index (χ4n) is 2.96. The summed E-state index contributed by atoms with van der Waals surface area (Å²) in [5.41, 5.74) is 3.03. The van der Waals surface area contributed by atoms with Crippen molar-refractivity contribution in [1.29, 1.82) is 0 Å². The lowest BCUT2D eigenvalue weighted by atomic mass is 9.91. The first-order valence-corrected chi connectivity index (χ1v) is 7.91. The molecule has 1 aliphatic carbocycles. The molecular weight excluding hydrogens is 254 g/mol. The minimum atomic E-state index is 0.554. The van der Waals surface area contributed by atoms with E-state index in [2.05, 4.69) is 41.1 Å². The molecule has 0 bridgehead atoms. The topological polar surface area (TPSA) is 29.9 Å². The molecule has 4 heteroatoms. The molecule has 0 radical (unpaired) electrons. The van der Waals surface area contributed by atoms with Gasteiger partial charge in [-0.05, 0) is 43.9 Å². The summed E-state index contributed by atoms with van der Waals surface area (Å²) >= 11 is 1.79. The van der Waals surface area contributed by atoms with Crippen molar-refractivity contribution in [3.63, 3.8) is 0 Å². The minimum Gasteiger partial charge on any atom is -0.348 e. The normalized spacial score (nSPS) is 18.5. The molecule has 2 aromatic heterocycles. The number of hydrogen-bond acceptors (Lipinski definition) is 3. The summed E-state index contributed by atoms with van der Waals surface area (Å²) in [6.07, 6.45) is 10.5. The molecule has 0 aliphatic heterocycles. The molecule has 3 rings (SSSR count). The number of thiazole rings is 1. The highest BCUT2D eigenvalue weighted by Crippen LogP contribution is 2.30. The van der Waals surface area contributed by atoms with E-state index in [1.807, 2.05) is 6.20 Å². The van der Waals surface area contributed by atoms with Gasteiger partial charge in [0, 0.05) is 29.5 Å². The van der Waals surface area contributed by atoms with Crippen molar-refractivity contribution in [3.05, 3.63) is 39.6 Å². The Morgan fingerprint density at radius 1 is 1.47 bits per heavy atom. The van der Waals surface area contributed by atoms with Crippen LogP contribution in [0.3, 0.4) is 0 Å². The first-order valence-electron chi connectivity index (χ1n) is 7.09. The highest BCUT2D eigenvalue weighted by molar-refractivity contribution is 7.11. The molecule has 2 heterocycles. The maximum Gasteiger partial charge on any atom is 0.0897 e. The molecule has 102 valence electrons. The van der Waals surface area contributed by atoms with Gasteiger partial charge in [0.2, 0.25) is 0 Å². The molecule has 3 nitrogen and oxygen atoms in total. The smallest absolute Gasteiger partial charge is 0.0897 e. The van der Waals surface area contributed by atoms with Crippen molar-refractivity contribution >= 4 is 11.3 Å². The van der Waals surface area contributed by atoms with E-state index in [0.717, 1.165) is 18.1 Å². The minimum absolute atomic E-state index is 0.554. The van der Waals surface area contributed by atoms with Gasteiger partial charge in [-0.3, -0.25) is 0 Å². The van der Waals surface area contributed by atoms with Gasteiger partial charge in [-0.2, -0.15) is 0 Å². The Hall–Kier alpha value is -1.13. The van der Waals surface area contributed by atoms with Crippen LogP contribution in [-0.4, -0.2) is 16.1 Å². The van der Waals surface area contributed by atoms with Gasteiger partial charge >= 0.3 is 0 Å². The first kappa shape index (κ1) is 12.9. The maximum absolute atomic E-state index is 4.33. The first-order chi connectivity index (χ1) is 9.26. The van der Waals surface area contributed by atoms with Crippen LogP contribution in [0.15, 0.2) is 18.6 Å². The zero-order valence-electron chi connectivity index (χ0n) is 11.6. The molecule has 1 atom stereocenters. The Morgan fingerprint density at radius 2 is 2.37 bits per heavy atom. The van der Waals surface area contributed by atoms with E-state index in [1.54, 1.807) is 11.3 Å². The fourth-order valence-corrected chi connectivity index (χ4v) is 3.76. The van der Waals surface area contributed by atoms with E-state index in [-0.39, 0.29) is 0 Å². The van der Waals surface area contributed by atoms with Gasteiger partial charge in [0.25, 0.3) is 0 Å². The van der Waals surface area contributed by atoms with Crippen LogP contribution in [0.25, 0.3) is 0 Å².